The summed E-state index contributed by atoms with van der Waals surface area (Å²) in [6.07, 6.45) is 4.85. The highest BCUT2D eigenvalue weighted by Crippen LogP contribution is 2.48. The summed E-state index contributed by atoms with van der Waals surface area (Å²) in [7, 11) is 3.29. The molecule has 2 saturated carbocycles. The average molecular weight is 303 g/mol. The predicted octanol–water partition coefficient (Wildman–Crippen LogP) is 3.32. The standard InChI is InChI=1S/C18H25NO3/c1-11(15-10-14(21-2)6-7-17(15)22-3)19-18(20)16-9-12-4-5-13(16)8-12/h6-7,10-13,16H,4-5,8-9H2,1-3H3,(H,19,20). The third-order valence-electron chi connectivity index (χ3n) is 5.34. The van der Waals surface area contributed by atoms with Crippen molar-refractivity contribution in [2.24, 2.45) is 17.8 Å². The fourth-order valence-corrected chi connectivity index (χ4v) is 4.14. The molecule has 22 heavy (non-hydrogen) atoms. The predicted molar refractivity (Wildman–Crippen MR) is 85.0 cm³/mol. The van der Waals surface area contributed by atoms with Crippen LogP contribution in [0.15, 0.2) is 18.2 Å². The van der Waals surface area contributed by atoms with Gasteiger partial charge in [-0.15, -0.1) is 0 Å². The summed E-state index contributed by atoms with van der Waals surface area (Å²) in [5.74, 6) is 3.34. The Morgan fingerprint density at radius 1 is 1.23 bits per heavy atom. The summed E-state index contributed by atoms with van der Waals surface area (Å²) in [6, 6.07) is 5.60. The van der Waals surface area contributed by atoms with E-state index in [0.29, 0.717) is 5.92 Å². The second-order valence-electron chi connectivity index (χ2n) is 6.62. The van der Waals surface area contributed by atoms with Crippen molar-refractivity contribution in [3.8, 4) is 11.5 Å². The molecule has 4 unspecified atom stereocenters. The molecule has 3 rings (SSSR count). The van der Waals surface area contributed by atoms with Gasteiger partial charge >= 0.3 is 0 Å². The van der Waals surface area contributed by atoms with E-state index >= 15 is 0 Å². The maximum absolute atomic E-state index is 12.6. The largest absolute Gasteiger partial charge is 0.497 e. The van der Waals surface area contributed by atoms with Crippen LogP contribution < -0.4 is 14.8 Å². The molecule has 4 atom stereocenters. The summed E-state index contributed by atoms with van der Waals surface area (Å²) < 4.78 is 10.7. The van der Waals surface area contributed by atoms with Gasteiger partial charge in [0.05, 0.1) is 20.3 Å². The SMILES string of the molecule is COc1ccc(OC)c(C(C)NC(=O)C2CC3CCC2C3)c1. The van der Waals surface area contributed by atoms with Crippen molar-refractivity contribution in [2.75, 3.05) is 14.2 Å². The van der Waals surface area contributed by atoms with Gasteiger partial charge in [-0.1, -0.05) is 6.42 Å². The first-order valence-electron chi connectivity index (χ1n) is 8.14. The second-order valence-corrected chi connectivity index (χ2v) is 6.62. The molecule has 2 aliphatic carbocycles. The number of methoxy groups -OCH3 is 2. The number of hydrogen-bond donors (Lipinski definition) is 1. The number of ether oxygens (including phenoxy) is 2. The Labute approximate surface area is 132 Å². The van der Waals surface area contributed by atoms with Crippen LogP contribution in [0.5, 0.6) is 11.5 Å². The quantitative estimate of drug-likeness (QED) is 0.907. The minimum absolute atomic E-state index is 0.0864. The molecule has 0 aliphatic heterocycles. The number of amides is 1. The van der Waals surface area contributed by atoms with E-state index in [9.17, 15) is 4.79 Å². The van der Waals surface area contributed by atoms with Crippen LogP contribution in [0.4, 0.5) is 0 Å². The summed E-state index contributed by atoms with van der Waals surface area (Å²) in [4.78, 5) is 12.6. The molecule has 0 saturated heterocycles. The molecule has 4 nitrogen and oxygen atoms in total. The minimum atomic E-state index is -0.0864. The lowest BCUT2D eigenvalue weighted by atomic mass is 9.88. The molecular formula is C18H25NO3. The van der Waals surface area contributed by atoms with Crippen LogP contribution in [0.1, 0.15) is 44.2 Å². The molecule has 2 fully saturated rings. The van der Waals surface area contributed by atoms with Gasteiger partial charge in [0, 0.05) is 11.5 Å². The average Bonchev–Trinajstić information content (AvgIpc) is 3.17. The summed E-state index contributed by atoms with van der Waals surface area (Å²) in [6.45, 7) is 2.00. The van der Waals surface area contributed by atoms with Crippen molar-refractivity contribution >= 4 is 5.91 Å². The minimum Gasteiger partial charge on any atom is -0.497 e. The van der Waals surface area contributed by atoms with E-state index in [1.165, 1.54) is 19.3 Å². The number of carbonyl (C=O) groups is 1. The van der Waals surface area contributed by atoms with Gasteiger partial charge in [-0.05, 0) is 56.2 Å². The molecule has 1 amide bonds. The molecular weight excluding hydrogens is 278 g/mol. The van der Waals surface area contributed by atoms with E-state index < -0.39 is 0 Å². The summed E-state index contributed by atoms with van der Waals surface area (Å²) >= 11 is 0. The van der Waals surface area contributed by atoms with Crippen LogP contribution in [0.25, 0.3) is 0 Å². The van der Waals surface area contributed by atoms with Crippen LogP contribution in [-0.4, -0.2) is 20.1 Å². The monoisotopic (exact) mass is 303 g/mol. The highest BCUT2D eigenvalue weighted by molar-refractivity contribution is 5.80. The first-order valence-corrected chi connectivity index (χ1v) is 8.14. The first kappa shape index (κ1) is 15.2. The van der Waals surface area contributed by atoms with Crippen LogP contribution in [0, 0.1) is 17.8 Å². The van der Waals surface area contributed by atoms with Gasteiger partial charge in [-0.3, -0.25) is 4.79 Å². The van der Waals surface area contributed by atoms with Crippen LogP contribution in [-0.2, 0) is 4.79 Å². The number of benzene rings is 1. The number of hydrogen-bond acceptors (Lipinski definition) is 3. The highest BCUT2D eigenvalue weighted by Gasteiger charge is 2.43. The van der Waals surface area contributed by atoms with E-state index in [0.717, 1.165) is 29.4 Å². The molecule has 120 valence electrons. The van der Waals surface area contributed by atoms with Crippen molar-refractivity contribution < 1.29 is 14.3 Å². The van der Waals surface area contributed by atoms with Gasteiger partial charge in [-0.2, -0.15) is 0 Å². The molecule has 0 heterocycles. The third-order valence-corrected chi connectivity index (χ3v) is 5.34. The molecule has 1 N–H and O–H groups in total. The highest BCUT2D eigenvalue weighted by atomic mass is 16.5. The van der Waals surface area contributed by atoms with Crippen LogP contribution >= 0.6 is 0 Å². The normalized spacial score (nSPS) is 27.5. The van der Waals surface area contributed by atoms with E-state index in [4.69, 9.17) is 9.47 Å². The number of rotatable bonds is 5. The molecule has 0 aromatic heterocycles. The smallest absolute Gasteiger partial charge is 0.223 e. The van der Waals surface area contributed by atoms with Gasteiger partial charge in [0.2, 0.25) is 5.91 Å². The number of nitrogens with one attached hydrogen (secondary N) is 1. The third kappa shape index (κ3) is 2.79. The lowest BCUT2D eigenvalue weighted by Gasteiger charge is -2.24. The zero-order chi connectivity index (χ0) is 15.7. The van der Waals surface area contributed by atoms with Gasteiger partial charge in [-0.25, -0.2) is 0 Å². The lowest BCUT2D eigenvalue weighted by Crippen LogP contribution is -2.35. The fourth-order valence-electron chi connectivity index (χ4n) is 4.14. The summed E-state index contributed by atoms with van der Waals surface area (Å²) in [5, 5.41) is 3.17. The van der Waals surface area contributed by atoms with E-state index in [2.05, 4.69) is 5.32 Å². The van der Waals surface area contributed by atoms with Gasteiger partial charge < -0.3 is 14.8 Å². The summed E-state index contributed by atoms with van der Waals surface area (Å²) in [5.41, 5.74) is 0.957. The molecule has 0 radical (unpaired) electrons. The molecule has 4 heteroatoms. The second kappa shape index (κ2) is 6.19. The Kier molecular flexibility index (Phi) is 4.27. The maximum Gasteiger partial charge on any atom is 0.223 e. The maximum atomic E-state index is 12.6. The van der Waals surface area contributed by atoms with Gasteiger partial charge in [0.15, 0.2) is 0 Å². The molecule has 1 aromatic rings. The van der Waals surface area contributed by atoms with Gasteiger partial charge in [0.1, 0.15) is 11.5 Å². The van der Waals surface area contributed by atoms with Crippen molar-refractivity contribution in [3.63, 3.8) is 0 Å². The van der Waals surface area contributed by atoms with Crippen molar-refractivity contribution in [1.82, 2.24) is 5.32 Å². The molecule has 0 spiro atoms. The molecule has 1 aromatic carbocycles. The van der Waals surface area contributed by atoms with E-state index in [-0.39, 0.29) is 17.9 Å². The van der Waals surface area contributed by atoms with Crippen molar-refractivity contribution in [2.45, 2.75) is 38.6 Å². The van der Waals surface area contributed by atoms with E-state index in [1.54, 1.807) is 14.2 Å². The zero-order valence-electron chi connectivity index (χ0n) is 13.6. The zero-order valence-corrected chi connectivity index (χ0v) is 13.6. The Balaban J connectivity index is 1.71. The Hall–Kier alpha value is -1.71. The Bertz CT molecular complexity index is 557. The number of carbonyl (C=O) groups excluding carboxylic acids is 1. The topological polar surface area (TPSA) is 47.6 Å². The fraction of sp³-hybridized carbons (Fsp3) is 0.611. The van der Waals surface area contributed by atoms with Crippen LogP contribution in [0.2, 0.25) is 0 Å². The van der Waals surface area contributed by atoms with Crippen LogP contribution in [0.3, 0.4) is 0 Å². The first-order chi connectivity index (χ1) is 10.6. The Morgan fingerprint density at radius 2 is 2.05 bits per heavy atom. The molecule has 2 aliphatic rings. The van der Waals surface area contributed by atoms with Crippen molar-refractivity contribution in [3.05, 3.63) is 23.8 Å². The molecule has 2 bridgehead atoms. The van der Waals surface area contributed by atoms with E-state index in [1.807, 2.05) is 25.1 Å². The lowest BCUT2D eigenvalue weighted by molar-refractivity contribution is -0.127. The Morgan fingerprint density at radius 3 is 2.64 bits per heavy atom. The number of fused-ring (bicyclic) bond motifs is 2. The van der Waals surface area contributed by atoms with Crippen molar-refractivity contribution in [1.29, 1.82) is 0 Å². The van der Waals surface area contributed by atoms with Gasteiger partial charge in [0.25, 0.3) is 0 Å².